The summed E-state index contributed by atoms with van der Waals surface area (Å²) in [5.41, 5.74) is 16.1. The Labute approximate surface area is 291 Å². The summed E-state index contributed by atoms with van der Waals surface area (Å²) >= 11 is 0. The van der Waals surface area contributed by atoms with Crippen molar-refractivity contribution in [1.29, 1.82) is 0 Å². The van der Waals surface area contributed by atoms with Crippen molar-refractivity contribution in [2.45, 2.75) is 38.5 Å². The third kappa shape index (κ3) is 5.18. The molecule has 1 heteroatoms. The van der Waals surface area contributed by atoms with Crippen molar-refractivity contribution in [1.82, 2.24) is 0 Å². The van der Waals surface area contributed by atoms with Gasteiger partial charge < -0.3 is 4.90 Å². The normalized spacial score (nSPS) is 14.0. The summed E-state index contributed by atoms with van der Waals surface area (Å²) in [6.07, 6.45) is 0. The van der Waals surface area contributed by atoms with Gasteiger partial charge in [-0.2, -0.15) is 0 Å². The number of anilines is 3. The molecule has 0 unspecified atom stereocenters. The van der Waals surface area contributed by atoms with Crippen LogP contribution in [-0.2, 0) is 10.8 Å². The van der Waals surface area contributed by atoms with Gasteiger partial charge in [0.15, 0.2) is 0 Å². The van der Waals surface area contributed by atoms with Crippen LogP contribution >= 0.6 is 0 Å². The molecule has 0 amide bonds. The van der Waals surface area contributed by atoms with Gasteiger partial charge in [-0.3, -0.25) is 0 Å². The highest BCUT2D eigenvalue weighted by atomic mass is 15.1. The largest absolute Gasteiger partial charge is 0.310 e. The Morgan fingerprint density at radius 3 is 1.57 bits per heavy atom. The third-order valence-electron chi connectivity index (χ3n) is 11.0. The van der Waals surface area contributed by atoms with Crippen molar-refractivity contribution in [3.63, 3.8) is 0 Å². The van der Waals surface area contributed by atoms with Gasteiger partial charge in [-0.1, -0.05) is 167 Å². The van der Waals surface area contributed by atoms with E-state index in [0.717, 1.165) is 17.1 Å². The summed E-state index contributed by atoms with van der Waals surface area (Å²) in [5.74, 6) is 0. The molecular formula is C48H41N. The lowest BCUT2D eigenvalue weighted by molar-refractivity contribution is 0.299. The fraction of sp³-hybridized carbons (Fsp3) is 0.125. The molecule has 0 saturated heterocycles. The number of fused-ring (bicyclic) bond motifs is 3. The zero-order valence-corrected chi connectivity index (χ0v) is 28.7. The fourth-order valence-corrected chi connectivity index (χ4v) is 7.74. The predicted octanol–water partition coefficient (Wildman–Crippen LogP) is 13.4. The molecule has 1 aliphatic rings. The molecule has 1 aliphatic carbocycles. The minimum Gasteiger partial charge on any atom is -0.310 e. The molecule has 49 heavy (non-hydrogen) atoms. The topological polar surface area (TPSA) is 3.24 Å². The Hall–Kier alpha value is -5.66. The molecule has 7 aromatic rings. The molecular weight excluding hydrogens is 591 g/mol. The van der Waals surface area contributed by atoms with E-state index in [4.69, 9.17) is 0 Å². The molecule has 8 rings (SSSR count). The molecule has 7 aromatic carbocycles. The van der Waals surface area contributed by atoms with Gasteiger partial charge in [0, 0.05) is 16.9 Å². The lowest BCUT2D eigenvalue weighted by atomic mass is 9.55. The van der Waals surface area contributed by atoms with E-state index in [0.29, 0.717) is 0 Å². The lowest BCUT2D eigenvalue weighted by Gasteiger charge is -2.49. The molecule has 0 aromatic heterocycles. The van der Waals surface area contributed by atoms with Gasteiger partial charge in [-0.05, 0) is 97.3 Å². The molecule has 0 saturated carbocycles. The highest BCUT2D eigenvalue weighted by molar-refractivity contribution is 5.97. The Bertz CT molecular complexity index is 2280. The summed E-state index contributed by atoms with van der Waals surface area (Å²) in [4.78, 5) is 2.42. The van der Waals surface area contributed by atoms with Crippen LogP contribution in [0.15, 0.2) is 176 Å². The summed E-state index contributed by atoms with van der Waals surface area (Å²) in [6, 6.07) is 64.1. The summed E-state index contributed by atoms with van der Waals surface area (Å²) in [7, 11) is 0. The zero-order chi connectivity index (χ0) is 33.6. The highest BCUT2D eigenvalue weighted by Gasteiger charge is 2.46. The van der Waals surface area contributed by atoms with Gasteiger partial charge >= 0.3 is 0 Å². The van der Waals surface area contributed by atoms with E-state index in [1.165, 1.54) is 55.6 Å². The monoisotopic (exact) mass is 631 g/mol. The first-order valence-corrected chi connectivity index (χ1v) is 17.3. The third-order valence-corrected chi connectivity index (χ3v) is 11.0. The maximum atomic E-state index is 2.42. The van der Waals surface area contributed by atoms with Crippen LogP contribution in [0.5, 0.6) is 0 Å². The second-order valence-electron chi connectivity index (χ2n) is 14.2. The van der Waals surface area contributed by atoms with E-state index < -0.39 is 0 Å². The van der Waals surface area contributed by atoms with Crippen molar-refractivity contribution >= 4 is 17.1 Å². The predicted molar refractivity (Wildman–Crippen MR) is 209 cm³/mol. The van der Waals surface area contributed by atoms with E-state index >= 15 is 0 Å². The molecule has 0 atom stereocenters. The highest BCUT2D eigenvalue weighted by Crippen LogP contribution is 2.56. The van der Waals surface area contributed by atoms with Gasteiger partial charge in [0.2, 0.25) is 0 Å². The second-order valence-corrected chi connectivity index (χ2v) is 14.2. The lowest BCUT2D eigenvalue weighted by Crippen LogP contribution is -2.43. The summed E-state index contributed by atoms with van der Waals surface area (Å²) in [6.45, 7) is 9.61. The number of rotatable bonds is 6. The maximum absolute atomic E-state index is 2.42. The van der Waals surface area contributed by atoms with Crippen molar-refractivity contribution < 1.29 is 0 Å². The van der Waals surface area contributed by atoms with E-state index in [1.807, 2.05) is 0 Å². The molecule has 238 valence electrons. The minimum atomic E-state index is -0.0661. The molecule has 0 fully saturated rings. The molecule has 1 nitrogen and oxygen atoms in total. The average Bonchev–Trinajstić information content (AvgIpc) is 3.15. The standard InChI is InChI=1S/C48H41N/c1-47(2)43-29-13-11-27-42(43)46-41(28-17-30-44(46)48(47,3)4)40-26-12-14-31-45(40)49(38-23-9-6-10-24-38)39-25-16-22-37(33-39)36-21-15-20-35(32-36)34-18-7-5-8-19-34/h5-33H,1-4H3. The van der Waals surface area contributed by atoms with Crippen LogP contribution in [0.1, 0.15) is 38.8 Å². The van der Waals surface area contributed by atoms with Crippen LogP contribution in [0.25, 0.3) is 44.5 Å². The van der Waals surface area contributed by atoms with E-state index in [9.17, 15) is 0 Å². The Morgan fingerprint density at radius 2 is 0.816 bits per heavy atom. The van der Waals surface area contributed by atoms with Crippen molar-refractivity contribution in [2.24, 2.45) is 0 Å². The number of para-hydroxylation sites is 2. The first-order chi connectivity index (χ1) is 23.8. The van der Waals surface area contributed by atoms with Crippen LogP contribution in [0.2, 0.25) is 0 Å². The van der Waals surface area contributed by atoms with Gasteiger partial charge in [0.25, 0.3) is 0 Å². The zero-order valence-electron chi connectivity index (χ0n) is 28.7. The van der Waals surface area contributed by atoms with Crippen LogP contribution < -0.4 is 4.90 Å². The molecule has 0 heterocycles. The molecule has 0 bridgehead atoms. The summed E-state index contributed by atoms with van der Waals surface area (Å²) < 4.78 is 0. The second kappa shape index (κ2) is 12.1. The Balaban J connectivity index is 1.32. The number of benzene rings is 7. The van der Waals surface area contributed by atoms with E-state index in [2.05, 4.69) is 209 Å². The quantitative estimate of drug-likeness (QED) is 0.176. The Kier molecular flexibility index (Phi) is 7.57. The minimum absolute atomic E-state index is 0.0247. The molecule has 0 radical (unpaired) electrons. The average molecular weight is 632 g/mol. The van der Waals surface area contributed by atoms with E-state index in [-0.39, 0.29) is 10.8 Å². The Morgan fingerprint density at radius 1 is 0.347 bits per heavy atom. The summed E-state index contributed by atoms with van der Waals surface area (Å²) in [5, 5.41) is 0. The fourth-order valence-electron chi connectivity index (χ4n) is 7.74. The first kappa shape index (κ1) is 30.7. The molecule has 0 spiro atoms. The smallest absolute Gasteiger partial charge is 0.0540 e. The first-order valence-electron chi connectivity index (χ1n) is 17.3. The van der Waals surface area contributed by atoms with Crippen LogP contribution in [-0.4, -0.2) is 0 Å². The maximum Gasteiger partial charge on any atom is 0.0540 e. The number of hydrogen-bond donors (Lipinski definition) is 0. The van der Waals surface area contributed by atoms with Gasteiger partial charge in [-0.25, -0.2) is 0 Å². The molecule has 0 aliphatic heterocycles. The number of nitrogens with zero attached hydrogens (tertiary/aromatic N) is 1. The van der Waals surface area contributed by atoms with Crippen molar-refractivity contribution in [3.05, 3.63) is 187 Å². The van der Waals surface area contributed by atoms with Crippen LogP contribution in [0.4, 0.5) is 17.1 Å². The SMILES string of the molecule is CC1(C)c2ccccc2-c2c(-c3ccccc3N(c3ccccc3)c3cccc(-c4cccc(-c5ccccc5)c4)c3)cccc2C1(C)C. The van der Waals surface area contributed by atoms with Crippen molar-refractivity contribution in [3.8, 4) is 44.5 Å². The van der Waals surface area contributed by atoms with Crippen molar-refractivity contribution in [2.75, 3.05) is 4.90 Å². The van der Waals surface area contributed by atoms with Crippen LogP contribution in [0.3, 0.4) is 0 Å². The van der Waals surface area contributed by atoms with E-state index in [1.54, 1.807) is 0 Å². The van der Waals surface area contributed by atoms with Crippen LogP contribution in [0, 0.1) is 0 Å². The number of hydrogen-bond acceptors (Lipinski definition) is 1. The molecule has 0 N–H and O–H groups in total. The van der Waals surface area contributed by atoms with Gasteiger partial charge in [0.05, 0.1) is 5.69 Å². The van der Waals surface area contributed by atoms with Gasteiger partial charge in [-0.15, -0.1) is 0 Å². The van der Waals surface area contributed by atoms with Gasteiger partial charge in [0.1, 0.15) is 0 Å².